The third-order valence-electron chi connectivity index (χ3n) is 6.08. The van der Waals surface area contributed by atoms with Crippen molar-refractivity contribution in [3.63, 3.8) is 0 Å². The molecule has 1 unspecified atom stereocenters. The highest BCUT2D eigenvalue weighted by atomic mass is 79.9. The average molecular weight is 420 g/mol. The van der Waals surface area contributed by atoms with E-state index in [1.165, 1.54) is 25.7 Å². The van der Waals surface area contributed by atoms with Crippen molar-refractivity contribution in [2.45, 2.75) is 38.1 Å². The summed E-state index contributed by atoms with van der Waals surface area (Å²) in [5.41, 5.74) is 0.860. The number of benzene rings is 1. The molecule has 4 rings (SSSR count). The Kier molecular flexibility index (Phi) is 5.32. The first-order valence-electron chi connectivity index (χ1n) is 9.71. The number of hydrogen-bond donors (Lipinski definition) is 0. The molecule has 140 valence electrons. The topological polar surface area (TPSA) is 43.9 Å². The minimum absolute atomic E-state index is 0.0415. The van der Waals surface area contributed by atoms with E-state index in [0.29, 0.717) is 13.0 Å². The van der Waals surface area contributed by atoms with E-state index >= 15 is 0 Å². The number of hydrogen-bond acceptors (Lipinski definition) is 3. The molecule has 5 nitrogen and oxygen atoms in total. The Balaban J connectivity index is 1.36. The van der Waals surface area contributed by atoms with Crippen LogP contribution in [0.25, 0.3) is 0 Å². The van der Waals surface area contributed by atoms with Crippen molar-refractivity contribution in [2.75, 3.05) is 37.6 Å². The number of anilines is 1. The smallest absolute Gasteiger partial charge is 0.228 e. The molecular formula is C20H26BrN3O2. The first kappa shape index (κ1) is 18.0. The van der Waals surface area contributed by atoms with Crippen LogP contribution in [0.4, 0.5) is 5.69 Å². The van der Waals surface area contributed by atoms with Crippen molar-refractivity contribution in [3.05, 3.63) is 28.7 Å². The summed E-state index contributed by atoms with van der Waals surface area (Å²) in [6.45, 7) is 4.04. The molecule has 2 saturated heterocycles. The third kappa shape index (κ3) is 3.54. The van der Waals surface area contributed by atoms with Gasteiger partial charge in [0.1, 0.15) is 0 Å². The van der Waals surface area contributed by atoms with Crippen LogP contribution in [-0.4, -0.2) is 60.4 Å². The molecule has 0 aromatic heterocycles. The van der Waals surface area contributed by atoms with Gasteiger partial charge >= 0.3 is 0 Å². The lowest BCUT2D eigenvalue weighted by molar-refractivity contribution is -0.137. The fourth-order valence-electron chi connectivity index (χ4n) is 4.61. The van der Waals surface area contributed by atoms with Gasteiger partial charge in [-0.1, -0.05) is 25.0 Å². The Morgan fingerprint density at radius 1 is 1.04 bits per heavy atom. The maximum Gasteiger partial charge on any atom is 0.228 e. The number of para-hydroxylation sites is 1. The molecule has 0 radical (unpaired) electrons. The number of carbonyl (C=O) groups is 2. The van der Waals surface area contributed by atoms with Crippen molar-refractivity contribution in [1.82, 2.24) is 9.80 Å². The standard InChI is InChI=1S/C20H26BrN3O2/c21-17-7-3-4-8-18(17)24-14-15(13-19(24)25)20(26)23-11-9-22(10-12-23)16-5-1-2-6-16/h3-4,7-8,15-16H,1-2,5-6,9-14H2. The summed E-state index contributed by atoms with van der Waals surface area (Å²) in [5, 5.41) is 0. The van der Waals surface area contributed by atoms with Crippen LogP contribution in [0, 0.1) is 5.92 Å². The van der Waals surface area contributed by atoms with Crippen LogP contribution in [0.1, 0.15) is 32.1 Å². The van der Waals surface area contributed by atoms with Gasteiger partial charge in [0, 0.05) is 49.7 Å². The van der Waals surface area contributed by atoms with Crippen molar-refractivity contribution < 1.29 is 9.59 Å². The molecule has 26 heavy (non-hydrogen) atoms. The summed E-state index contributed by atoms with van der Waals surface area (Å²) < 4.78 is 0.895. The summed E-state index contributed by atoms with van der Waals surface area (Å²) in [4.78, 5) is 31.7. The number of piperazine rings is 1. The molecule has 0 spiro atoms. The molecule has 1 aromatic rings. The number of amides is 2. The third-order valence-corrected chi connectivity index (χ3v) is 6.76. The summed E-state index contributed by atoms with van der Waals surface area (Å²) >= 11 is 3.51. The molecule has 3 fully saturated rings. The van der Waals surface area contributed by atoms with Gasteiger partial charge in [-0.3, -0.25) is 14.5 Å². The summed E-state index contributed by atoms with van der Waals surface area (Å²) in [6.07, 6.45) is 5.64. The van der Waals surface area contributed by atoms with Crippen LogP contribution < -0.4 is 4.90 Å². The molecule has 0 N–H and O–H groups in total. The lowest BCUT2D eigenvalue weighted by Gasteiger charge is -2.38. The monoisotopic (exact) mass is 419 g/mol. The highest BCUT2D eigenvalue weighted by Crippen LogP contribution is 2.32. The zero-order chi connectivity index (χ0) is 18.1. The van der Waals surface area contributed by atoms with Gasteiger partial charge in [-0.2, -0.15) is 0 Å². The zero-order valence-electron chi connectivity index (χ0n) is 15.1. The second-order valence-corrected chi connectivity index (χ2v) is 8.51. The molecule has 1 aliphatic carbocycles. The molecule has 3 aliphatic rings. The van der Waals surface area contributed by atoms with Crippen molar-refractivity contribution in [2.24, 2.45) is 5.92 Å². The molecular weight excluding hydrogens is 394 g/mol. The van der Waals surface area contributed by atoms with Crippen LogP contribution in [0.3, 0.4) is 0 Å². The van der Waals surface area contributed by atoms with Gasteiger partial charge in [0.2, 0.25) is 11.8 Å². The van der Waals surface area contributed by atoms with Crippen LogP contribution in [-0.2, 0) is 9.59 Å². The SMILES string of the molecule is O=C(C1CC(=O)N(c2ccccc2Br)C1)N1CCN(C2CCCC2)CC1. The van der Waals surface area contributed by atoms with Gasteiger partial charge in [0.05, 0.1) is 11.6 Å². The quantitative estimate of drug-likeness (QED) is 0.756. The molecule has 2 amide bonds. The van der Waals surface area contributed by atoms with Crippen LogP contribution in [0.2, 0.25) is 0 Å². The second kappa shape index (κ2) is 7.69. The van der Waals surface area contributed by atoms with Gasteiger partial charge < -0.3 is 9.80 Å². The maximum absolute atomic E-state index is 13.0. The first-order chi connectivity index (χ1) is 12.6. The summed E-state index contributed by atoms with van der Waals surface area (Å²) in [5.74, 6) is -0.0218. The summed E-state index contributed by atoms with van der Waals surface area (Å²) in [7, 11) is 0. The fourth-order valence-corrected chi connectivity index (χ4v) is 5.11. The summed E-state index contributed by atoms with van der Waals surface area (Å²) in [6, 6.07) is 8.44. The van der Waals surface area contributed by atoms with E-state index in [-0.39, 0.29) is 17.7 Å². The first-order valence-corrected chi connectivity index (χ1v) is 10.5. The van der Waals surface area contributed by atoms with Gasteiger partial charge in [0.25, 0.3) is 0 Å². The Hall–Kier alpha value is -1.40. The normalized spacial score (nSPS) is 25.3. The highest BCUT2D eigenvalue weighted by molar-refractivity contribution is 9.10. The molecule has 0 bridgehead atoms. The van der Waals surface area contributed by atoms with Crippen molar-refractivity contribution >= 4 is 33.4 Å². The van der Waals surface area contributed by atoms with Crippen LogP contribution in [0.5, 0.6) is 0 Å². The molecule has 2 heterocycles. The lowest BCUT2D eigenvalue weighted by Crippen LogP contribution is -2.52. The van der Waals surface area contributed by atoms with E-state index in [9.17, 15) is 9.59 Å². The molecule has 1 atom stereocenters. The van der Waals surface area contributed by atoms with E-state index in [2.05, 4.69) is 20.8 Å². The van der Waals surface area contributed by atoms with Crippen LogP contribution >= 0.6 is 15.9 Å². The molecule has 1 saturated carbocycles. The number of rotatable bonds is 3. The Morgan fingerprint density at radius 2 is 1.73 bits per heavy atom. The van der Waals surface area contributed by atoms with Gasteiger partial charge in [-0.15, -0.1) is 0 Å². The minimum atomic E-state index is -0.215. The zero-order valence-corrected chi connectivity index (χ0v) is 16.7. The largest absolute Gasteiger partial charge is 0.340 e. The predicted molar refractivity (Wildman–Crippen MR) is 105 cm³/mol. The maximum atomic E-state index is 13.0. The predicted octanol–water partition coefficient (Wildman–Crippen LogP) is 2.89. The van der Waals surface area contributed by atoms with E-state index in [1.54, 1.807) is 4.90 Å². The number of carbonyl (C=O) groups excluding carboxylic acids is 2. The Labute approximate surface area is 163 Å². The van der Waals surface area contributed by atoms with Gasteiger partial charge in [-0.25, -0.2) is 0 Å². The van der Waals surface area contributed by atoms with E-state index in [0.717, 1.165) is 42.4 Å². The average Bonchev–Trinajstić information content (AvgIpc) is 3.32. The van der Waals surface area contributed by atoms with E-state index < -0.39 is 0 Å². The van der Waals surface area contributed by atoms with E-state index in [4.69, 9.17) is 0 Å². The van der Waals surface area contributed by atoms with Gasteiger partial charge in [0.15, 0.2) is 0 Å². The second-order valence-electron chi connectivity index (χ2n) is 7.66. The van der Waals surface area contributed by atoms with Crippen molar-refractivity contribution in [3.8, 4) is 0 Å². The van der Waals surface area contributed by atoms with E-state index in [1.807, 2.05) is 29.2 Å². The van der Waals surface area contributed by atoms with Crippen LogP contribution in [0.15, 0.2) is 28.7 Å². The number of nitrogens with zero attached hydrogens (tertiary/aromatic N) is 3. The van der Waals surface area contributed by atoms with Gasteiger partial charge in [-0.05, 0) is 40.9 Å². The Bertz CT molecular complexity index is 681. The number of halogens is 1. The molecule has 2 aliphatic heterocycles. The fraction of sp³-hybridized carbons (Fsp3) is 0.600. The van der Waals surface area contributed by atoms with Crippen molar-refractivity contribution in [1.29, 1.82) is 0 Å². The Morgan fingerprint density at radius 3 is 2.42 bits per heavy atom. The lowest BCUT2D eigenvalue weighted by atomic mass is 10.1. The molecule has 1 aromatic carbocycles. The highest BCUT2D eigenvalue weighted by Gasteiger charge is 2.38. The molecule has 6 heteroatoms. The minimum Gasteiger partial charge on any atom is -0.340 e.